The molecule has 1 aliphatic heterocycles. The van der Waals surface area contributed by atoms with E-state index in [1.54, 1.807) is 0 Å². The first kappa shape index (κ1) is 12.2. The van der Waals surface area contributed by atoms with Crippen LogP contribution < -0.4 is 0 Å². The van der Waals surface area contributed by atoms with E-state index in [2.05, 4.69) is 56.2 Å². The highest BCUT2D eigenvalue weighted by atomic mass is 16.7. The minimum absolute atomic E-state index is 0.0815. The topological polar surface area (TPSA) is 12.5 Å². The van der Waals surface area contributed by atoms with Crippen LogP contribution in [0.2, 0.25) is 0 Å². The molecule has 0 unspecified atom stereocenters. The summed E-state index contributed by atoms with van der Waals surface area (Å²) in [6.45, 7) is 7.37. The highest BCUT2D eigenvalue weighted by Crippen LogP contribution is 2.35. The summed E-state index contributed by atoms with van der Waals surface area (Å²) >= 11 is 0. The largest absolute Gasteiger partial charge is 0.269 e. The van der Waals surface area contributed by atoms with Gasteiger partial charge in [-0.3, -0.25) is 4.84 Å². The molecule has 92 valence electrons. The fraction of sp³-hybridized carbons (Fsp3) is 0.467. The third-order valence-electron chi connectivity index (χ3n) is 3.78. The van der Waals surface area contributed by atoms with Crippen molar-refractivity contribution in [1.29, 1.82) is 0 Å². The Hall–Kier alpha value is -1.28. The fourth-order valence-corrected chi connectivity index (χ4v) is 2.17. The molecule has 1 aromatic carbocycles. The Morgan fingerprint density at radius 3 is 2.41 bits per heavy atom. The molecule has 1 heterocycles. The lowest BCUT2D eigenvalue weighted by atomic mass is 9.94. The lowest BCUT2D eigenvalue weighted by Crippen LogP contribution is -2.42. The van der Waals surface area contributed by atoms with E-state index >= 15 is 0 Å². The van der Waals surface area contributed by atoms with E-state index in [4.69, 9.17) is 4.84 Å². The zero-order valence-corrected chi connectivity index (χ0v) is 10.9. The van der Waals surface area contributed by atoms with Crippen LogP contribution >= 0.6 is 0 Å². The molecule has 0 saturated carbocycles. The first-order valence-electron chi connectivity index (χ1n) is 6.40. The van der Waals surface area contributed by atoms with Gasteiger partial charge in [-0.05, 0) is 31.4 Å². The van der Waals surface area contributed by atoms with Crippen molar-refractivity contribution in [2.24, 2.45) is 0 Å². The molecule has 2 rings (SSSR count). The van der Waals surface area contributed by atoms with E-state index in [-0.39, 0.29) is 5.54 Å². The van der Waals surface area contributed by atoms with Crippen LogP contribution in [0.3, 0.4) is 0 Å². The average Bonchev–Trinajstić information content (AvgIpc) is 2.88. The standard InChI is InChI=1S/C15H21NO/c1-4-15(3,5-2)16-14(11-12-17-16)13-9-7-6-8-10-13/h6-11H,4-5,12H2,1-3H3. The van der Waals surface area contributed by atoms with Crippen molar-refractivity contribution in [2.45, 2.75) is 39.2 Å². The average molecular weight is 231 g/mol. The summed E-state index contributed by atoms with van der Waals surface area (Å²) in [5, 5.41) is 2.10. The Bertz CT molecular complexity index is 393. The quantitative estimate of drug-likeness (QED) is 0.780. The van der Waals surface area contributed by atoms with Crippen molar-refractivity contribution >= 4 is 5.70 Å². The van der Waals surface area contributed by atoms with Crippen molar-refractivity contribution in [2.75, 3.05) is 6.61 Å². The maximum atomic E-state index is 5.81. The summed E-state index contributed by atoms with van der Waals surface area (Å²) in [5.74, 6) is 0. The summed E-state index contributed by atoms with van der Waals surface area (Å²) in [5.41, 5.74) is 2.52. The van der Waals surface area contributed by atoms with E-state index in [1.807, 2.05) is 6.07 Å². The van der Waals surface area contributed by atoms with Gasteiger partial charge in [0.15, 0.2) is 0 Å². The lowest BCUT2D eigenvalue weighted by Gasteiger charge is -2.39. The molecular weight excluding hydrogens is 210 g/mol. The van der Waals surface area contributed by atoms with Gasteiger partial charge >= 0.3 is 0 Å². The first-order valence-corrected chi connectivity index (χ1v) is 6.40. The van der Waals surface area contributed by atoms with Gasteiger partial charge in [-0.1, -0.05) is 44.2 Å². The van der Waals surface area contributed by atoms with Gasteiger partial charge in [-0.15, -0.1) is 0 Å². The van der Waals surface area contributed by atoms with Crippen LogP contribution in [0.5, 0.6) is 0 Å². The van der Waals surface area contributed by atoms with Gasteiger partial charge in [0, 0.05) is 0 Å². The zero-order valence-electron chi connectivity index (χ0n) is 10.9. The molecule has 2 nitrogen and oxygen atoms in total. The number of hydrogen-bond donors (Lipinski definition) is 0. The van der Waals surface area contributed by atoms with Gasteiger partial charge in [-0.2, -0.15) is 0 Å². The van der Waals surface area contributed by atoms with Crippen LogP contribution in [0.4, 0.5) is 0 Å². The molecule has 0 saturated heterocycles. The number of hydrogen-bond acceptors (Lipinski definition) is 2. The highest BCUT2D eigenvalue weighted by Gasteiger charge is 2.33. The third-order valence-corrected chi connectivity index (χ3v) is 3.78. The molecule has 17 heavy (non-hydrogen) atoms. The van der Waals surface area contributed by atoms with Crippen molar-refractivity contribution < 1.29 is 4.84 Å². The highest BCUT2D eigenvalue weighted by molar-refractivity contribution is 5.65. The van der Waals surface area contributed by atoms with E-state index < -0.39 is 0 Å². The van der Waals surface area contributed by atoms with Crippen LogP contribution in [-0.2, 0) is 4.84 Å². The molecule has 0 aliphatic carbocycles. The number of benzene rings is 1. The van der Waals surface area contributed by atoms with E-state index in [9.17, 15) is 0 Å². The van der Waals surface area contributed by atoms with Crippen molar-refractivity contribution in [3.8, 4) is 0 Å². The lowest BCUT2D eigenvalue weighted by molar-refractivity contribution is -0.151. The fourth-order valence-electron chi connectivity index (χ4n) is 2.17. The van der Waals surface area contributed by atoms with Gasteiger partial charge < -0.3 is 0 Å². The van der Waals surface area contributed by atoms with Crippen LogP contribution in [0, 0.1) is 0 Å². The molecule has 1 aromatic rings. The minimum atomic E-state index is 0.0815. The maximum absolute atomic E-state index is 5.81. The normalized spacial score (nSPS) is 16.2. The van der Waals surface area contributed by atoms with Gasteiger partial charge in [0.25, 0.3) is 0 Å². The van der Waals surface area contributed by atoms with Crippen LogP contribution in [0.1, 0.15) is 39.2 Å². The van der Waals surface area contributed by atoms with Crippen molar-refractivity contribution in [3.63, 3.8) is 0 Å². The number of rotatable bonds is 4. The molecule has 0 radical (unpaired) electrons. The Balaban J connectivity index is 2.30. The molecule has 0 bridgehead atoms. The molecule has 2 heteroatoms. The van der Waals surface area contributed by atoms with Gasteiger partial charge in [0.2, 0.25) is 0 Å². The van der Waals surface area contributed by atoms with Crippen LogP contribution in [-0.4, -0.2) is 17.2 Å². The predicted molar refractivity (Wildman–Crippen MR) is 71.2 cm³/mol. The second-order valence-corrected chi connectivity index (χ2v) is 4.75. The third kappa shape index (κ3) is 2.22. The summed E-state index contributed by atoms with van der Waals surface area (Å²) < 4.78 is 0. The first-order chi connectivity index (χ1) is 8.21. The molecule has 0 fully saturated rings. The molecular formula is C15H21NO. The van der Waals surface area contributed by atoms with E-state index in [1.165, 1.54) is 11.3 Å². The Labute approximate surface area is 104 Å². The summed E-state index contributed by atoms with van der Waals surface area (Å²) in [6, 6.07) is 10.5. The van der Waals surface area contributed by atoms with Crippen LogP contribution in [0.15, 0.2) is 36.4 Å². The molecule has 0 N–H and O–H groups in total. The Morgan fingerprint density at radius 1 is 1.18 bits per heavy atom. The second kappa shape index (κ2) is 4.92. The predicted octanol–water partition coefficient (Wildman–Crippen LogP) is 3.85. The Morgan fingerprint density at radius 2 is 1.82 bits per heavy atom. The van der Waals surface area contributed by atoms with Gasteiger partial charge in [0.05, 0.1) is 17.8 Å². The van der Waals surface area contributed by atoms with Crippen molar-refractivity contribution in [3.05, 3.63) is 42.0 Å². The summed E-state index contributed by atoms with van der Waals surface area (Å²) in [6.07, 6.45) is 4.32. The Kier molecular flexibility index (Phi) is 3.53. The maximum Gasteiger partial charge on any atom is 0.0954 e. The van der Waals surface area contributed by atoms with Gasteiger partial charge in [0.1, 0.15) is 0 Å². The molecule has 0 spiro atoms. The number of nitrogens with zero attached hydrogens (tertiary/aromatic N) is 1. The zero-order chi connectivity index (χ0) is 12.3. The van der Waals surface area contributed by atoms with Crippen LogP contribution in [0.25, 0.3) is 5.70 Å². The second-order valence-electron chi connectivity index (χ2n) is 4.75. The molecule has 1 aliphatic rings. The monoisotopic (exact) mass is 231 g/mol. The molecule has 0 amide bonds. The smallest absolute Gasteiger partial charge is 0.0954 e. The number of hydroxylamine groups is 2. The van der Waals surface area contributed by atoms with E-state index in [0.717, 1.165) is 12.8 Å². The summed E-state index contributed by atoms with van der Waals surface area (Å²) in [4.78, 5) is 5.81. The van der Waals surface area contributed by atoms with Gasteiger partial charge in [-0.25, -0.2) is 5.06 Å². The van der Waals surface area contributed by atoms with E-state index in [0.29, 0.717) is 6.61 Å². The summed E-state index contributed by atoms with van der Waals surface area (Å²) in [7, 11) is 0. The minimum Gasteiger partial charge on any atom is -0.269 e. The van der Waals surface area contributed by atoms with Crippen molar-refractivity contribution in [1.82, 2.24) is 5.06 Å². The molecule has 0 atom stereocenters. The molecule has 0 aromatic heterocycles. The SMILES string of the molecule is CCC(C)(CC)N1OCC=C1c1ccccc1.